The van der Waals surface area contributed by atoms with Crippen LogP contribution in [0.3, 0.4) is 0 Å². The van der Waals surface area contributed by atoms with Crippen LogP contribution < -0.4 is 0 Å². The lowest BCUT2D eigenvalue weighted by atomic mass is 9.72. The zero-order valence-electron chi connectivity index (χ0n) is 23.4. The Balaban J connectivity index is 0. The second-order valence-corrected chi connectivity index (χ2v) is 9.03. The van der Waals surface area contributed by atoms with Crippen LogP contribution in [-0.2, 0) is 0 Å². The van der Waals surface area contributed by atoms with Gasteiger partial charge in [-0.1, -0.05) is 114 Å². The summed E-state index contributed by atoms with van der Waals surface area (Å²) in [4.78, 5) is 0. The van der Waals surface area contributed by atoms with Gasteiger partial charge in [-0.05, 0) is 80.5 Å². The Morgan fingerprint density at radius 2 is 0.733 bits per heavy atom. The summed E-state index contributed by atoms with van der Waals surface area (Å²) < 4.78 is 0. The summed E-state index contributed by atoms with van der Waals surface area (Å²) >= 11 is 0. The van der Waals surface area contributed by atoms with Crippen LogP contribution in [0, 0.1) is 35.5 Å². The number of rotatable bonds is 2. The average Bonchev–Trinajstić information content (AvgIpc) is 3.45. The molecule has 4 rings (SSSR count). The SMILES string of the molecule is C1CCC2C(C1)CCC2C[C@@H]1CCC2CCCCC21.CC.CC.CC.CC.CCC. The summed E-state index contributed by atoms with van der Waals surface area (Å²) in [5.74, 6) is 6.93. The van der Waals surface area contributed by atoms with E-state index in [0.717, 1.165) is 35.5 Å². The normalized spacial score (nSPS) is 33.0. The van der Waals surface area contributed by atoms with Crippen molar-refractivity contribution in [3.05, 3.63) is 0 Å². The van der Waals surface area contributed by atoms with Crippen LogP contribution >= 0.6 is 0 Å². The summed E-state index contributed by atoms with van der Waals surface area (Å²) in [7, 11) is 0. The van der Waals surface area contributed by atoms with Gasteiger partial charge in [0.05, 0.1) is 0 Å². The van der Waals surface area contributed by atoms with E-state index in [1.54, 1.807) is 83.5 Å². The minimum absolute atomic E-state index is 1.15. The predicted octanol–water partition coefficient (Wildman–Crippen LogP) is 11.3. The minimum atomic E-state index is 1.15. The first-order valence-corrected chi connectivity index (χ1v) is 14.8. The number of hydrogen-bond donors (Lipinski definition) is 0. The minimum Gasteiger partial charge on any atom is -0.0683 e. The molecule has 0 saturated heterocycles. The van der Waals surface area contributed by atoms with E-state index in [2.05, 4.69) is 13.8 Å². The maximum Gasteiger partial charge on any atom is -0.0357 e. The van der Waals surface area contributed by atoms with Crippen molar-refractivity contribution in [1.29, 1.82) is 0 Å². The Morgan fingerprint density at radius 3 is 1.07 bits per heavy atom. The summed E-state index contributed by atoms with van der Waals surface area (Å²) in [6.07, 6.45) is 21.8. The maximum atomic E-state index is 2.12. The van der Waals surface area contributed by atoms with Crippen molar-refractivity contribution in [3.63, 3.8) is 0 Å². The predicted molar refractivity (Wildman–Crippen MR) is 142 cm³/mol. The molecule has 0 aromatic heterocycles. The van der Waals surface area contributed by atoms with E-state index in [1.807, 2.05) is 55.4 Å². The first-order valence-electron chi connectivity index (χ1n) is 14.8. The van der Waals surface area contributed by atoms with Gasteiger partial charge < -0.3 is 0 Å². The molecule has 30 heavy (non-hydrogen) atoms. The fourth-order valence-corrected chi connectivity index (χ4v) is 6.69. The summed E-state index contributed by atoms with van der Waals surface area (Å²) in [6.45, 7) is 20.2. The van der Waals surface area contributed by atoms with Crippen LogP contribution in [0.2, 0.25) is 0 Å². The smallest absolute Gasteiger partial charge is 0.0357 e. The second-order valence-electron chi connectivity index (χ2n) is 9.03. The first-order chi connectivity index (χ1) is 14.8. The van der Waals surface area contributed by atoms with Gasteiger partial charge in [0, 0.05) is 0 Å². The van der Waals surface area contributed by atoms with Crippen LogP contribution in [0.1, 0.15) is 159 Å². The van der Waals surface area contributed by atoms with Crippen LogP contribution in [0.5, 0.6) is 0 Å². The molecule has 0 spiro atoms. The Morgan fingerprint density at radius 1 is 0.433 bits per heavy atom. The molecule has 4 fully saturated rings. The number of fused-ring (bicyclic) bond motifs is 2. The Kier molecular flexibility index (Phi) is 23.8. The molecule has 184 valence electrons. The lowest BCUT2D eigenvalue weighted by molar-refractivity contribution is 0.164. The van der Waals surface area contributed by atoms with E-state index < -0.39 is 0 Å². The van der Waals surface area contributed by atoms with Crippen molar-refractivity contribution in [3.8, 4) is 0 Å². The van der Waals surface area contributed by atoms with Gasteiger partial charge in [-0.2, -0.15) is 0 Å². The van der Waals surface area contributed by atoms with Crippen molar-refractivity contribution in [2.45, 2.75) is 159 Å². The zero-order valence-corrected chi connectivity index (χ0v) is 23.4. The molecule has 0 bridgehead atoms. The zero-order chi connectivity index (χ0) is 23.4. The number of hydrogen-bond acceptors (Lipinski definition) is 0. The maximum absolute atomic E-state index is 2.12. The molecule has 0 N–H and O–H groups in total. The Bertz CT molecular complexity index is 290. The van der Waals surface area contributed by atoms with Crippen LogP contribution in [0.25, 0.3) is 0 Å². The third-order valence-corrected chi connectivity index (χ3v) is 7.57. The molecule has 6 atom stereocenters. The average molecular weight is 425 g/mol. The molecule has 0 aliphatic heterocycles. The Labute approximate surface area is 194 Å². The molecule has 0 nitrogen and oxygen atoms in total. The molecule has 4 aliphatic rings. The summed E-state index contributed by atoms with van der Waals surface area (Å²) in [6, 6.07) is 0. The van der Waals surface area contributed by atoms with Crippen LogP contribution in [0.15, 0.2) is 0 Å². The first kappa shape index (κ1) is 32.2. The Hall–Kier alpha value is 0. The second kappa shape index (κ2) is 22.2. The van der Waals surface area contributed by atoms with Gasteiger partial charge in [0.1, 0.15) is 0 Å². The summed E-state index contributed by atoms with van der Waals surface area (Å²) in [5.41, 5.74) is 0. The molecule has 0 aromatic rings. The molecular formula is C30H64. The van der Waals surface area contributed by atoms with E-state index in [1.165, 1.54) is 6.42 Å². The lowest BCUT2D eigenvalue weighted by Crippen LogP contribution is -2.24. The summed E-state index contributed by atoms with van der Waals surface area (Å²) in [5, 5.41) is 0. The van der Waals surface area contributed by atoms with Gasteiger partial charge in [-0.25, -0.2) is 0 Å². The molecular weight excluding hydrogens is 360 g/mol. The van der Waals surface area contributed by atoms with Crippen molar-refractivity contribution in [1.82, 2.24) is 0 Å². The third kappa shape index (κ3) is 10.5. The van der Waals surface area contributed by atoms with E-state index in [0.29, 0.717) is 0 Å². The molecule has 0 heteroatoms. The fourth-order valence-electron chi connectivity index (χ4n) is 6.69. The highest BCUT2D eigenvalue weighted by atomic mass is 14.5. The molecule has 0 radical (unpaired) electrons. The van der Waals surface area contributed by atoms with Crippen LogP contribution in [-0.4, -0.2) is 0 Å². The van der Waals surface area contributed by atoms with Gasteiger partial charge >= 0.3 is 0 Å². The van der Waals surface area contributed by atoms with E-state index >= 15 is 0 Å². The van der Waals surface area contributed by atoms with Gasteiger partial charge in [0.25, 0.3) is 0 Å². The lowest BCUT2D eigenvalue weighted by Gasteiger charge is -2.34. The van der Waals surface area contributed by atoms with E-state index in [-0.39, 0.29) is 0 Å². The van der Waals surface area contributed by atoms with Crippen molar-refractivity contribution in [2.75, 3.05) is 0 Å². The highest BCUT2D eigenvalue weighted by Crippen LogP contribution is 2.53. The van der Waals surface area contributed by atoms with Gasteiger partial charge in [0.2, 0.25) is 0 Å². The van der Waals surface area contributed by atoms with Crippen molar-refractivity contribution in [2.24, 2.45) is 35.5 Å². The molecule has 0 aromatic carbocycles. The van der Waals surface area contributed by atoms with E-state index in [4.69, 9.17) is 0 Å². The van der Waals surface area contributed by atoms with Crippen molar-refractivity contribution < 1.29 is 0 Å². The molecule has 5 unspecified atom stereocenters. The highest BCUT2D eigenvalue weighted by molar-refractivity contribution is 4.93. The largest absolute Gasteiger partial charge is 0.0683 e. The van der Waals surface area contributed by atoms with Gasteiger partial charge in [-0.15, -0.1) is 0 Å². The topological polar surface area (TPSA) is 0 Å². The van der Waals surface area contributed by atoms with Crippen LogP contribution in [0.4, 0.5) is 0 Å². The van der Waals surface area contributed by atoms with Gasteiger partial charge in [-0.3, -0.25) is 0 Å². The monoisotopic (exact) mass is 425 g/mol. The molecule has 4 aliphatic carbocycles. The quantitative estimate of drug-likeness (QED) is 0.413. The third-order valence-electron chi connectivity index (χ3n) is 7.57. The highest BCUT2D eigenvalue weighted by Gasteiger charge is 2.42. The molecule has 0 heterocycles. The fraction of sp³-hybridized carbons (Fsp3) is 1.00. The van der Waals surface area contributed by atoms with E-state index in [9.17, 15) is 0 Å². The van der Waals surface area contributed by atoms with Gasteiger partial charge in [0.15, 0.2) is 0 Å². The molecule has 0 amide bonds. The molecule has 4 saturated carbocycles. The standard InChI is InChI=1S/C19H32.C3H8.4C2H6/c1-3-7-18-14(5-1)9-11-16(18)13-17-12-10-15-6-2-4-8-19(15)17;1-3-2;4*1-2/h14-19H,1-13H2;3H2,1-2H3;4*1-2H3/t14?,15?,16-,17?,18?,19?;;;;;/m0...../s1. The van der Waals surface area contributed by atoms with Crippen molar-refractivity contribution >= 4 is 0 Å².